The third-order valence-electron chi connectivity index (χ3n) is 3.56. The number of rotatable bonds is 4. The Morgan fingerprint density at radius 1 is 1.16 bits per heavy atom. The topological polar surface area (TPSA) is 12.0 Å². The Bertz CT molecular complexity index is 588. The second-order valence-corrected chi connectivity index (χ2v) is 6.24. The van der Waals surface area contributed by atoms with Gasteiger partial charge in [0.25, 0.3) is 0 Å². The average molecular weight is 316 g/mol. The summed E-state index contributed by atoms with van der Waals surface area (Å²) in [7, 11) is 0. The number of hydrogen-bond acceptors (Lipinski definition) is 1. The first kappa shape index (κ1) is 12.9. The van der Waals surface area contributed by atoms with Crippen molar-refractivity contribution >= 4 is 15.9 Å². The summed E-state index contributed by atoms with van der Waals surface area (Å²) in [6, 6.07) is 16.0. The molecule has 2 aromatic carbocycles. The summed E-state index contributed by atoms with van der Waals surface area (Å²) in [6.45, 7) is 3.12. The van der Waals surface area contributed by atoms with Crippen LogP contribution in [0.1, 0.15) is 24.0 Å². The average Bonchev–Trinajstić information content (AvgIpc) is 3.21. The Morgan fingerprint density at radius 2 is 2.00 bits per heavy atom. The van der Waals surface area contributed by atoms with E-state index >= 15 is 0 Å². The van der Waals surface area contributed by atoms with Gasteiger partial charge in [0, 0.05) is 17.1 Å². The minimum atomic E-state index is 0.747. The summed E-state index contributed by atoms with van der Waals surface area (Å²) in [5.41, 5.74) is 5.32. The highest BCUT2D eigenvalue weighted by molar-refractivity contribution is 9.10. The normalized spacial score (nSPS) is 14.6. The fraction of sp³-hybridized carbons (Fsp3) is 0.294. The fourth-order valence-corrected chi connectivity index (χ4v) is 2.71. The lowest BCUT2D eigenvalue weighted by atomic mass is 9.97. The van der Waals surface area contributed by atoms with Crippen LogP contribution in [0.5, 0.6) is 0 Å². The van der Waals surface area contributed by atoms with Gasteiger partial charge in [0.1, 0.15) is 0 Å². The molecular formula is C17H18BrN. The Labute approximate surface area is 123 Å². The van der Waals surface area contributed by atoms with E-state index in [4.69, 9.17) is 0 Å². The smallest absolute Gasteiger partial charge is 0.0214 e. The number of benzene rings is 2. The van der Waals surface area contributed by atoms with E-state index in [1.807, 2.05) is 0 Å². The minimum absolute atomic E-state index is 0.747. The molecule has 1 saturated carbocycles. The first-order chi connectivity index (χ1) is 9.22. The molecule has 19 heavy (non-hydrogen) atoms. The Hall–Kier alpha value is -1.12. The first-order valence-electron chi connectivity index (χ1n) is 6.81. The first-order valence-corrected chi connectivity index (χ1v) is 7.60. The van der Waals surface area contributed by atoms with E-state index in [1.54, 1.807) is 0 Å². The van der Waals surface area contributed by atoms with Gasteiger partial charge < -0.3 is 5.32 Å². The highest BCUT2D eigenvalue weighted by Gasteiger charge is 2.20. The molecule has 0 spiro atoms. The molecule has 0 heterocycles. The summed E-state index contributed by atoms with van der Waals surface area (Å²) in [5.74, 6) is 0. The van der Waals surface area contributed by atoms with Crippen molar-refractivity contribution in [2.45, 2.75) is 32.4 Å². The molecule has 1 nitrogen and oxygen atoms in total. The highest BCUT2D eigenvalue weighted by Crippen LogP contribution is 2.28. The van der Waals surface area contributed by atoms with Gasteiger partial charge in [-0.25, -0.2) is 0 Å². The van der Waals surface area contributed by atoms with Gasteiger partial charge in [-0.05, 0) is 48.6 Å². The SMILES string of the molecule is Cc1ccc(CNC2CC2)c(-c2cccc(Br)c2)c1. The van der Waals surface area contributed by atoms with Crippen LogP contribution >= 0.6 is 15.9 Å². The van der Waals surface area contributed by atoms with Crippen LogP contribution in [0.3, 0.4) is 0 Å². The third kappa shape index (κ3) is 3.26. The Morgan fingerprint density at radius 3 is 2.74 bits per heavy atom. The molecule has 2 heteroatoms. The van der Waals surface area contributed by atoms with Crippen molar-refractivity contribution in [3.63, 3.8) is 0 Å². The lowest BCUT2D eigenvalue weighted by molar-refractivity contribution is 0.688. The van der Waals surface area contributed by atoms with Gasteiger partial charge in [0.05, 0.1) is 0 Å². The maximum Gasteiger partial charge on any atom is 0.0214 e. The zero-order valence-electron chi connectivity index (χ0n) is 11.1. The maximum absolute atomic E-state index is 3.61. The maximum atomic E-state index is 3.61. The van der Waals surface area contributed by atoms with Crippen LogP contribution in [-0.2, 0) is 6.54 Å². The summed E-state index contributed by atoms with van der Waals surface area (Å²) in [5, 5.41) is 3.61. The van der Waals surface area contributed by atoms with Crippen molar-refractivity contribution in [1.82, 2.24) is 5.32 Å². The molecule has 0 atom stereocenters. The summed E-state index contributed by atoms with van der Waals surface area (Å²) in [4.78, 5) is 0. The number of nitrogens with one attached hydrogen (secondary N) is 1. The van der Waals surface area contributed by atoms with Gasteiger partial charge in [-0.15, -0.1) is 0 Å². The zero-order chi connectivity index (χ0) is 13.2. The van der Waals surface area contributed by atoms with Gasteiger partial charge in [0.2, 0.25) is 0 Å². The van der Waals surface area contributed by atoms with Crippen LogP contribution in [0.4, 0.5) is 0 Å². The molecule has 0 unspecified atom stereocenters. The third-order valence-corrected chi connectivity index (χ3v) is 4.05. The fourth-order valence-electron chi connectivity index (χ4n) is 2.31. The number of hydrogen-bond donors (Lipinski definition) is 1. The second kappa shape index (κ2) is 5.48. The van der Waals surface area contributed by atoms with Crippen molar-refractivity contribution < 1.29 is 0 Å². The quantitative estimate of drug-likeness (QED) is 0.864. The molecule has 0 aliphatic heterocycles. The predicted octanol–water partition coefficient (Wildman–Crippen LogP) is 4.68. The van der Waals surface area contributed by atoms with E-state index in [-0.39, 0.29) is 0 Å². The molecule has 3 rings (SSSR count). The van der Waals surface area contributed by atoms with Crippen LogP contribution in [0.2, 0.25) is 0 Å². The van der Waals surface area contributed by atoms with Crippen molar-refractivity contribution in [3.8, 4) is 11.1 Å². The summed E-state index contributed by atoms with van der Waals surface area (Å²) >= 11 is 3.56. The monoisotopic (exact) mass is 315 g/mol. The molecule has 0 bridgehead atoms. The van der Waals surface area contributed by atoms with E-state index in [9.17, 15) is 0 Å². The van der Waals surface area contributed by atoms with E-state index in [1.165, 1.54) is 35.1 Å². The van der Waals surface area contributed by atoms with E-state index in [0.717, 1.165) is 17.1 Å². The van der Waals surface area contributed by atoms with Gasteiger partial charge in [0.15, 0.2) is 0 Å². The van der Waals surface area contributed by atoms with Crippen LogP contribution in [0.15, 0.2) is 46.9 Å². The molecule has 1 aliphatic carbocycles. The van der Waals surface area contributed by atoms with Crippen molar-refractivity contribution in [2.24, 2.45) is 0 Å². The molecule has 1 N–H and O–H groups in total. The van der Waals surface area contributed by atoms with E-state index in [0.29, 0.717) is 0 Å². The summed E-state index contributed by atoms with van der Waals surface area (Å²) < 4.78 is 1.13. The molecule has 98 valence electrons. The molecule has 1 fully saturated rings. The van der Waals surface area contributed by atoms with Crippen LogP contribution in [0, 0.1) is 6.92 Å². The van der Waals surface area contributed by atoms with Crippen LogP contribution in [-0.4, -0.2) is 6.04 Å². The highest BCUT2D eigenvalue weighted by atomic mass is 79.9. The molecule has 0 amide bonds. The van der Waals surface area contributed by atoms with Gasteiger partial charge in [-0.1, -0.05) is 51.8 Å². The van der Waals surface area contributed by atoms with Gasteiger partial charge >= 0.3 is 0 Å². The predicted molar refractivity (Wildman–Crippen MR) is 84.2 cm³/mol. The second-order valence-electron chi connectivity index (χ2n) is 5.33. The number of halogens is 1. The minimum Gasteiger partial charge on any atom is -0.310 e. The van der Waals surface area contributed by atoms with Crippen molar-refractivity contribution in [3.05, 3.63) is 58.1 Å². The zero-order valence-corrected chi connectivity index (χ0v) is 12.7. The summed E-state index contributed by atoms with van der Waals surface area (Å²) in [6.07, 6.45) is 2.66. The standard InChI is InChI=1S/C17H18BrN/c1-12-5-6-14(11-19-16-7-8-16)17(9-12)13-3-2-4-15(18)10-13/h2-6,9-10,16,19H,7-8,11H2,1H3. The molecular weight excluding hydrogens is 298 g/mol. The molecule has 2 aromatic rings. The Balaban J connectivity index is 1.94. The molecule has 0 radical (unpaired) electrons. The van der Waals surface area contributed by atoms with Gasteiger partial charge in [-0.2, -0.15) is 0 Å². The van der Waals surface area contributed by atoms with Crippen LogP contribution in [0.25, 0.3) is 11.1 Å². The molecule has 0 saturated heterocycles. The lowest BCUT2D eigenvalue weighted by Gasteiger charge is -2.12. The lowest BCUT2D eigenvalue weighted by Crippen LogP contribution is -2.15. The Kier molecular flexibility index (Phi) is 3.72. The van der Waals surface area contributed by atoms with Crippen molar-refractivity contribution in [1.29, 1.82) is 0 Å². The molecule has 1 aliphatic rings. The number of aryl methyl sites for hydroxylation is 1. The van der Waals surface area contributed by atoms with Crippen LogP contribution < -0.4 is 5.32 Å². The van der Waals surface area contributed by atoms with Crippen molar-refractivity contribution in [2.75, 3.05) is 0 Å². The molecule has 0 aromatic heterocycles. The van der Waals surface area contributed by atoms with E-state index in [2.05, 4.69) is 70.6 Å². The largest absolute Gasteiger partial charge is 0.310 e. The van der Waals surface area contributed by atoms with E-state index < -0.39 is 0 Å². The van der Waals surface area contributed by atoms with Gasteiger partial charge in [-0.3, -0.25) is 0 Å².